The zero-order chi connectivity index (χ0) is 16.3. The monoisotopic (exact) mass is 369 g/mol. The molecule has 0 saturated heterocycles. The molecule has 0 atom stereocenters. The van der Waals surface area contributed by atoms with E-state index in [0.29, 0.717) is 28.9 Å². The standard InChI is InChI=1S/C13H16BrN5O3/c1-4-18-7-9(10(17-18)13(21)22-3)16-12(20)11-8(14)6-15-19(11)5-2/h6-7H,4-5H2,1-3H3,(H,16,20). The van der Waals surface area contributed by atoms with E-state index in [0.717, 1.165) is 0 Å². The number of nitrogens with zero attached hydrogens (tertiary/aromatic N) is 4. The summed E-state index contributed by atoms with van der Waals surface area (Å²) in [7, 11) is 1.27. The zero-order valence-electron chi connectivity index (χ0n) is 12.5. The minimum absolute atomic E-state index is 0.0661. The fourth-order valence-electron chi connectivity index (χ4n) is 1.93. The molecule has 0 aliphatic carbocycles. The van der Waals surface area contributed by atoms with Gasteiger partial charge in [-0.05, 0) is 29.8 Å². The minimum atomic E-state index is -0.606. The first kappa shape index (κ1) is 16.2. The summed E-state index contributed by atoms with van der Waals surface area (Å²) in [5, 5.41) is 10.9. The van der Waals surface area contributed by atoms with E-state index in [4.69, 9.17) is 0 Å². The Balaban J connectivity index is 2.33. The Morgan fingerprint density at radius 2 is 2.09 bits per heavy atom. The van der Waals surface area contributed by atoms with Crippen molar-refractivity contribution < 1.29 is 14.3 Å². The van der Waals surface area contributed by atoms with Gasteiger partial charge in [0.05, 0.1) is 23.5 Å². The van der Waals surface area contributed by atoms with Gasteiger partial charge >= 0.3 is 5.97 Å². The Bertz CT molecular complexity index is 707. The van der Waals surface area contributed by atoms with E-state index in [9.17, 15) is 9.59 Å². The van der Waals surface area contributed by atoms with Crippen molar-refractivity contribution in [2.45, 2.75) is 26.9 Å². The molecular formula is C13H16BrN5O3. The van der Waals surface area contributed by atoms with Gasteiger partial charge in [0.25, 0.3) is 5.91 Å². The number of nitrogens with one attached hydrogen (secondary N) is 1. The number of anilines is 1. The van der Waals surface area contributed by atoms with Crippen molar-refractivity contribution in [3.05, 3.63) is 28.3 Å². The van der Waals surface area contributed by atoms with Crippen molar-refractivity contribution in [2.24, 2.45) is 0 Å². The number of carbonyl (C=O) groups is 2. The van der Waals surface area contributed by atoms with Gasteiger partial charge in [0.2, 0.25) is 0 Å². The van der Waals surface area contributed by atoms with Gasteiger partial charge in [0.1, 0.15) is 5.69 Å². The van der Waals surface area contributed by atoms with E-state index in [1.54, 1.807) is 21.8 Å². The van der Waals surface area contributed by atoms with Crippen molar-refractivity contribution in [2.75, 3.05) is 12.4 Å². The summed E-state index contributed by atoms with van der Waals surface area (Å²) < 4.78 is 8.37. The number of methoxy groups -OCH3 is 1. The van der Waals surface area contributed by atoms with Gasteiger partial charge < -0.3 is 10.1 Å². The van der Waals surface area contributed by atoms with E-state index in [1.165, 1.54) is 7.11 Å². The third kappa shape index (κ3) is 3.03. The molecule has 22 heavy (non-hydrogen) atoms. The summed E-state index contributed by atoms with van der Waals surface area (Å²) in [6.07, 6.45) is 3.14. The molecule has 0 aliphatic rings. The van der Waals surface area contributed by atoms with Crippen LogP contribution in [0.5, 0.6) is 0 Å². The molecule has 9 heteroatoms. The molecule has 0 aliphatic heterocycles. The number of ether oxygens (including phenoxy) is 1. The fourth-order valence-corrected chi connectivity index (χ4v) is 2.41. The smallest absolute Gasteiger partial charge is 0.360 e. The van der Waals surface area contributed by atoms with Crippen molar-refractivity contribution in [1.29, 1.82) is 0 Å². The predicted molar refractivity (Wildman–Crippen MR) is 82.8 cm³/mol. The van der Waals surface area contributed by atoms with Gasteiger partial charge in [0.15, 0.2) is 5.69 Å². The number of amides is 1. The molecule has 1 amide bonds. The van der Waals surface area contributed by atoms with Crippen LogP contribution in [0.25, 0.3) is 0 Å². The maximum absolute atomic E-state index is 12.4. The molecule has 0 aromatic carbocycles. The van der Waals surface area contributed by atoms with Crippen LogP contribution in [0, 0.1) is 0 Å². The first-order chi connectivity index (χ1) is 10.5. The summed E-state index contributed by atoms with van der Waals surface area (Å²) in [6, 6.07) is 0. The van der Waals surface area contributed by atoms with Crippen LogP contribution in [0.3, 0.4) is 0 Å². The van der Waals surface area contributed by atoms with Crippen LogP contribution in [0.4, 0.5) is 5.69 Å². The van der Waals surface area contributed by atoms with Crippen LogP contribution < -0.4 is 5.32 Å². The van der Waals surface area contributed by atoms with Gasteiger partial charge in [-0.2, -0.15) is 10.2 Å². The summed E-state index contributed by atoms with van der Waals surface area (Å²) in [5.74, 6) is -0.988. The SMILES string of the molecule is CCn1cc(NC(=O)c2c(Br)cnn2CC)c(C(=O)OC)n1. The summed E-state index contributed by atoms with van der Waals surface area (Å²) in [6.45, 7) is 4.87. The van der Waals surface area contributed by atoms with Crippen LogP contribution in [0.2, 0.25) is 0 Å². The highest BCUT2D eigenvalue weighted by atomic mass is 79.9. The normalized spacial score (nSPS) is 10.5. The first-order valence-electron chi connectivity index (χ1n) is 6.70. The number of carbonyl (C=O) groups excluding carboxylic acids is 2. The molecule has 2 rings (SSSR count). The lowest BCUT2D eigenvalue weighted by molar-refractivity contribution is 0.0594. The maximum Gasteiger partial charge on any atom is 0.360 e. The average molecular weight is 370 g/mol. The van der Waals surface area contributed by atoms with E-state index in [2.05, 4.69) is 36.2 Å². The number of esters is 1. The number of halogens is 1. The first-order valence-corrected chi connectivity index (χ1v) is 7.49. The molecule has 118 valence electrons. The third-order valence-corrected chi connectivity index (χ3v) is 3.60. The van der Waals surface area contributed by atoms with E-state index >= 15 is 0 Å². The summed E-state index contributed by atoms with van der Waals surface area (Å²) in [5.41, 5.74) is 0.744. The molecule has 0 fully saturated rings. The second-order valence-electron chi connectivity index (χ2n) is 4.35. The van der Waals surface area contributed by atoms with Crippen molar-refractivity contribution in [3.8, 4) is 0 Å². The highest BCUT2D eigenvalue weighted by Crippen LogP contribution is 2.20. The Labute approximate surface area is 135 Å². The van der Waals surface area contributed by atoms with Crippen LogP contribution in [-0.2, 0) is 17.8 Å². The molecule has 0 unspecified atom stereocenters. The van der Waals surface area contributed by atoms with E-state index in [1.807, 2.05) is 13.8 Å². The molecule has 0 radical (unpaired) electrons. The number of aromatic nitrogens is 4. The van der Waals surface area contributed by atoms with E-state index in [-0.39, 0.29) is 11.6 Å². The number of hydrogen-bond acceptors (Lipinski definition) is 5. The largest absolute Gasteiger partial charge is 0.464 e. The van der Waals surface area contributed by atoms with Gasteiger partial charge in [-0.25, -0.2) is 4.79 Å². The molecule has 2 aromatic rings. The van der Waals surface area contributed by atoms with E-state index < -0.39 is 5.97 Å². The maximum atomic E-state index is 12.4. The Morgan fingerprint density at radius 1 is 1.36 bits per heavy atom. The van der Waals surface area contributed by atoms with Crippen LogP contribution in [0.1, 0.15) is 34.8 Å². The lowest BCUT2D eigenvalue weighted by Gasteiger charge is -2.06. The second-order valence-corrected chi connectivity index (χ2v) is 5.20. The molecule has 1 N–H and O–H groups in total. The number of rotatable bonds is 5. The topological polar surface area (TPSA) is 91.0 Å². The van der Waals surface area contributed by atoms with Gasteiger partial charge in [-0.3, -0.25) is 14.2 Å². The molecule has 8 nitrogen and oxygen atoms in total. The van der Waals surface area contributed by atoms with Crippen molar-refractivity contribution in [3.63, 3.8) is 0 Å². The lowest BCUT2D eigenvalue weighted by Crippen LogP contribution is -2.19. The molecular weight excluding hydrogens is 354 g/mol. The van der Waals surface area contributed by atoms with Crippen molar-refractivity contribution in [1.82, 2.24) is 19.6 Å². The fraction of sp³-hybridized carbons (Fsp3) is 0.385. The van der Waals surface area contributed by atoms with Gasteiger partial charge in [-0.1, -0.05) is 0 Å². The molecule has 0 bridgehead atoms. The minimum Gasteiger partial charge on any atom is -0.464 e. The van der Waals surface area contributed by atoms with Crippen LogP contribution in [0.15, 0.2) is 16.9 Å². The van der Waals surface area contributed by atoms with Crippen molar-refractivity contribution >= 4 is 33.5 Å². The average Bonchev–Trinajstić information content (AvgIpc) is 3.09. The lowest BCUT2D eigenvalue weighted by atomic mass is 10.3. The Hall–Kier alpha value is -2.16. The molecule has 0 saturated carbocycles. The quantitative estimate of drug-likeness (QED) is 0.812. The summed E-state index contributed by atoms with van der Waals surface area (Å²) >= 11 is 3.30. The zero-order valence-corrected chi connectivity index (χ0v) is 14.0. The summed E-state index contributed by atoms with van der Waals surface area (Å²) in [4.78, 5) is 24.2. The van der Waals surface area contributed by atoms with Crippen LogP contribution in [-0.4, -0.2) is 38.5 Å². The van der Waals surface area contributed by atoms with Gasteiger partial charge in [-0.15, -0.1) is 0 Å². The highest BCUT2D eigenvalue weighted by molar-refractivity contribution is 9.10. The molecule has 0 spiro atoms. The molecule has 2 heterocycles. The Morgan fingerprint density at radius 3 is 2.68 bits per heavy atom. The second kappa shape index (κ2) is 6.73. The Kier molecular flexibility index (Phi) is 4.96. The molecule has 2 aromatic heterocycles. The highest BCUT2D eigenvalue weighted by Gasteiger charge is 2.22. The third-order valence-electron chi connectivity index (χ3n) is 3.02. The number of aryl methyl sites for hydroxylation is 2. The van der Waals surface area contributed by atoms with Gasteiger partial charge in [0, 0.05) is 19.3 Å². The number of hydrogen-bond donors (Lipinski definition) is 1. The van der Waals surface area contributed by atoms with Crippen LogP contribution >= 0.6 is 15.9 Å². The predicted octanol–water partition coefficient (Wildman–Crippen LogP) is 1.92.